The Hall–Kier alpha value is -2.63. The summed E-state index contributed by atoms with van der Waals surface area (Å²) in [5.41, 5.74) is 2.76. The zero-order chi connectivity index (χ0) is 23.1. The molecule has 1 saturated heterocycles. The van der Waals surface area contributed by atoms with Crippen molar-refractivity contribution in [3.63, 3.8) is 0 Å². The van der Waals surface area contributed by atoms with E-state index in [1.807, 2.05) is 13.8 Å². The maximum absolute atomic E-state index is 13.1. The number of allylic oxidation sites excluding steroid dienone is 3. The number of ether oxygens (including phenoxy) is 3. The van der Waals surface area contributed by atoms with Gasteiger partial charge in [0.05, 0.1) is 5.92 Å². The molecule has 5 unspecified atom stereocenters. The molecule has 168 valence electrons. The molecular formula is C25H32O6. The summed E-state index contributed by atoms with van der Waals surface area (Å²) in [4.78, 5) is 38.4. The third kappa shape index (κ3) is 3.88. The van der Waals surface area contributed by atoms with Gasteiger partial charge in [-0.05, 0) is 54.9 Å². The molecule has 0 radical (unpaired) electrons. The molecule has 31 heavy (non-hydrogen) atoms. The van der Waals surface area contributed by atoms with Crippen LogP contribution in [-0.2, 0) is 28.6 Å². The predicted molar refractivity (Wildman–Crippen MR) is 116 cm³/mol. The number of esters is 3. The molecule has 0 aromatic carbocycles. The van der Waals surface area contributed by atoms with E-state index in [1.54, 1.807) is 46.8 Å². The van der Waals surface area contributed by atoms with Gasteiger partial charge in [0.25, 0.3) is 0 Å². The van der Waals surface area contributed by atoms with E-state index in [-0.39, 0.29) is 5.92 Å². The molecule has 2 aliphatic carbocycles. The van der Waals surface area contributed by atoms with Gasteiger partial charge in [0, 0.05) is 23.5 Å². The SMILES string of the molecule is C/C=C(/C)C(=O)OC1(C)C(=O)OC2C3C(C)=CCC3=C(C)CC(OC(=O)/C(C)=C/C)C21. The van der Waals surface area contributed by atoms with Gasteiger partial charge in [-0.25, -0.2) is 14.4 Å². The molecule has 0 aromatic rings. The molecule has 0 amide bonds. The van der Waals surface area contributed by atoms with Gasteiger partial charge in [-0.2, -0.15) is 0 Å². The van der Waals surface area contributed by atoms with Crippen LogP contribution < -0.4 is 0 Å². The molecular weight excluding hydrogens is 396 g/mol. The van der Waals surface area contributed by atoms with Crippen LogP contribution in [0.2, 0.25) is 0 Å². The van der Waals surface area contributed by atoms with E-state index >= 15 is 0 Å². The van der Waals surface area contributed by atoms with Gasteiger partial charge in [-0.15, -0.1) is 0 Å². The summed E-state index contributed by atoms with van der Waals surface area (Å²) in [6, 6.07) is 0. The Morgan fingerprint density at radius 3 is 2.35 bits per heavy atom. The number of rotatable bonds is 4. The summed E-state index contributed by atoms with van der Waals surface area (Å²) in [6.45, 7) is 12.5. The molecule has 3 rings (SSSR count). The number of carbonyl (C=O) groups excluding carboxylic acids is 3. The lowest BCUT2D eigenvalue weighted by Gasteiger charge is -2.35. The number of carbonyl (C=O) groups is 3. The smallest absolute Gasteiger partial charge is 0.351 e. The Balaban J connectivity index is 2.08. The van der Waals surface area contributed by atoms with Crippen LogP contribution in [0.5, 0.6) is 0 Å². The summed E-state index contributed by atoms with van der Waals surface area (Å²) < 4.78 is 17.6. The van der Waals surface area contributed by atoms with Crippen LogP contribution in [0.1, 0.15) is 61.3 Å². The highest BCUT2D eigenvalue weighted by atomic mass is 16.6. The van der Waals surface area contributed by atoms with Crippen molar-refractivity contribution < 1.29 is 28.6 Å². The molecule has 0 spiro atoms. The van der Waals surface area contributed by atoms with Gasteiger partial charge in [0.15, 0.2) is 0 Å². The lowest BCUT2D eigenvalue weighted by Crippen LogP contribution is -2.50. The first-order valence-electron chi connectivity index (χ1n) is 10.8. The Labute approximate surface area is 184 Å². The molecule has 0 N–H and O–H groups in total. The fourth-order valence-electron chi connectivity index (χ4n) is 4.83. The first-order valence-corrected chi connectivity index (χ1v) is 10.8. The van der Waals surface area contributed by atoms with E-state index in [9.17, 15) is 14.4 Å². The second-order valence-corrected chi connectivity index (χ2v) is 8.92. The largest absolute Gasteiger partial charge is 0.458 e. The predicted octanol–water partition coefficient (Wildman–Crippen LogP) is 4.36. The van der Waals surface area contributed by atoms with Crippen molar-refractivity contribution in [2.45, 2.75) is 79.1 Å². The van der Waals surface area contributed by atoms with E-state index in [2.05, 4.69) is 6.08 Å². The number of fused-ring (bicyclic) bond motifs is 3. The highest BCUT2D eigenvalue weighted by molar-refractivity contribution is 5.92. The van der Waals surface area contributed by atoms with Crippen molar-refractivity contribution in [2.75, 3.05) is 0 Å². The average Bonchev–Trinajstić information content (AvgIpc) is 3.19. The first kappa shape index (κ1) is 23.0. The minimum Gasteiger partial charge on any atom is -0.458 e. The lowest BCUT2D eigenvalue weighted by molar-refractivity contribution is -0.175. The average molecular weight is 429 g/mol. The standard InChI is InChI=1S/C25H32O6/c1-8-13(3)22(26)29-18-12-16(6)17-11-10-15(5)19(17)21-20(18)25(7,24(28)30-21)31-23(27)14(4)9-2/h8-10,18-21H,11-12H2,1-7H3/b13-8+,14-9-. The molecule has 1 fully saturated rings. The monoisotopic (exact) mass is 428 g/mol. The summed E-state index contributed by atoms with van der Waals surface area (Å²) in [7, 11) is 0. The molecule has 0 aromatic heterocycles. The topological polar surface area (TPSA) is 78.9 Å². The third-order valence-corrected chi connectivity index (χ3v) is 7.01. The van der Waals surface area contributed by atoms with Crippen LogP contribution in [0.3, 0.4) is 0 Å². The maximum Gasteiger partial charge on any atom is 0.351 e. The zero-order valence-corrected chi connectivity index (χ0v) is 19.4. The molecule has 6 heteroatoms. The molecule has 0 bridgehead atoms. The second-order valence-electron chi connectivity index (χ2n) is 8.92. The lowest BCUT2D eigenvalue weighted by atomic mass is 9.77. The van der Waals surface area contributed by atoms with E-state index < -0.39 is 41.6 Å². The van der Waals surface area contributed by atoms with Crippen molar-refractivity contribution in [1.29, 1.82) is 0 Å². The van der Waals surface area contributed by atoms with E-state index in [1.165, 1.54) is 5.57 Å². The minimum absolute atomic E-state index is 0.0937. The quantitative estimate of drug-likeness (QED) is 0.286. The molecule has 0 saturated carbocycles. The van der Waals surface area contributed by atoms with Crippen LogP contribution in [0, 0.1) is 11.8 Å². The summed E-state index contributed by atoms with van der Waals surface area (Å²) in [5, 5.41) is 0. The van der Waals surface area contributed by atoms with Crippen LogP contribution in [0.15, 0.2) is 46.1 Å². The fraction of sp³-hybridized carbons (Fsp3) is 0.560. The van der Waals surface area contributed by atoms with E-state index in [0.717, 1.165) is 17.6 Å². The summed E-state index contributed by atoms with van der Waals surface area (Å²) in [6.07, 6.45) is 5.50. The fourth-order valence-corrected chi connectivity index (χ4v) is 4.83. The molecule has 3 aliphatic rings. The van der Waals surface area contributed by atoms with Crippen LogP contribution >= 0.6 is 0 Å². The first-order chi connectivity index (χ1) is 14.5. The Morgan fingerprint density at radius 2 is 1.74 bits per heavy atom. The van der Waals surface area contributed by atoms with E-state index in [4.69, 9.17) is 14.2 Å². The third-order valence-electron chi connectivity index (χ3n) is 7.01. The van der Waals surface area contributed by atoms with Crippen LogP contribution in [-0.4, -0.2) is 35.7 Å². The van der Waals surface area contributed by atoms with Gasteiger partial charge < -0.3 is 14.2 Å². The van der Waals surface area contributed by atoms with Gasteiger partial charge in [-0.3, -0.25) is 0 Å². The van der Waals surface area contributed by atoms with E-state index in [0.29, 0.717) is 17.6 Å². The Bertz CT molecular complexity index is 934. The van der Waals surface area contributed by atoms with Crippen LogP contribution in [0.25, 0.3) is 0 Å². The zero-order valence-electron chi connectivity index (χ0n) is 19.4. The highest BCUT2D eigenvalue weighted by Gasteiger charge is 2.64. The Morgan fingerprint density at radius 1 is 1.13 bits per heavy atom. The van der Waals surface area contributed by atoms with Gasteiger partial charge in [0.2, 0.25) is 5.60 Å². The molecule has 1 heterocycles. The molecule has 5 atom stereocenters. The normalized spacial score (nSPS) is 33.3. The Kier molecular flexibility index (Phi) is 6.30. The molecule has 1 aliphatic heterocycles. The minimum atomic E-state index is -1.56. The number of hydrogen-bond acceptors (Lipinski definition) is 6. The summed E-state index contributed by atoms with van der Waals surface area (Å²) in [5.74, 6) is -2.33. The van der Waals surface area contributed by atoms with Gasteiger partial charge >= 0.3 is 17.9 Å². The number of hydrogen-bond donors (Lipinski definition) is 0. The second kappa shape index (κ2) is 8.48. The summed E-state index contributed by atoms with van der Waals surface area (Å²) >= 11 is 0. The van der Waals surface area contributed by atoms with Crippen molar-refractivity contribution >= 4 is 17.9 Å². The van der Waals surface area contributed by atoms with Gasteiger partial charge in [0.1, 0.15) is 12.2 Å². The van der Waals surface area contributed by atoms with Crippen molar-refractivity contribution in [1.82, 2.24) is 0 Å². The van der Waals surface area contributed by atoms with Gasteiger partial charge in [-0.1, -0.05) is 34.9 Å². The highest BCUT2D eigenvalue weighted by Crippen LogP contribution is 2.52. The maximum atomic E-state index is 13.1. The van der Waals surface area contributed by atoms with Crippen molar-refractivity contribution in [3.05, 3.63) is 46.1 Å². The van der Waals surface area contributed by atoms with Crippen LogP contribution in [0.4, 0.5) is 0 Å². The van der Waals surface area contributed by atoms with Crippen molar-refractivity contribution in [2.24, 2.45) is 11.8 Å². The van der Waals surface area contributed by atoms with Crippen molar-refractivity contribution in [3.8, 4) is 0 Å². The molecule has 6 nitrogen and oxygen atoms in total.